The number of rotatable bonds is 6. The minimum absolute atomic E-state index is 0.143. The summed E-state index contributed by atoms with van der Waals surface area (Å²) in [6.07, 6.45) is 2.53. The predicted molar refractivity (Wildman–Crippen MR) is 94.2 cm³/mol. The fourth-order valence-electron chi connectivity index (χ4n) is 2.84. The third-order valence-corrected chi connectivity index (χ3v) is 4.35. The second-order valence-electron chi connectivity index (χ2n) is 6.43. The van der Waals surface area contributed by atoms with E-state index >= 15 is 0 Å². The van der Waals surface area contributed by atoms with Crippen molar-refractivity contribution in [3.8, 4) is 11.6 Å². The molecule has 2 heterocycles. The number of nitrogens with one attached hydrogen (secondary N) is 1. The van der Waals surface area contributed by atoms with E-state index < -0.39 is 11.6 Å². The highest BCUT2D eigenvalue weighted by atomic mass is 19.1. The van der Waals surface area contributed by atoms with Crippen molar-refractivity contribution in [2.45, 2.75) is 25.5 Å². The first kappa shape index (κ1) is 19.2. The fourth-order valence-corrected chi connectivity index (χ4v) is 2.84. The molecule has 2 aromatic rings. The Balaban J connectivity index is 1.58. The number of aliphatic hydroxyl groups is 1. The number of pyridine rings is 1. The largest absolute Gasteiger partial charge is 0.436 e. The second kappa shape index (κ2) is 8.88. The highest BCUT2D eigenvalue weighted by molar-refractivity contribution is 5.78. The van der Waals surface area contributed by atoms with Crippen LogP contribution in [0.25, 0.3) is 0 Å². The van der Waals surface area contributed by atoms with Crippen LogP contribution in [-0.4, -0.2) is 46.6 Å². The van der Waals surface area contributed by atoms with Gasteiger partial charge in [0.05, 0.1) is 12.6 Å². The molecule has 1 aliphatic rings. The zero-order chi connectivity index (χ0) is 19.2. The van der Waals surface area contributed by atoms with Gasteiger partial charge in [0.25, 0.3) is 0 Å². The van der Waals surface area contributed by atoms with Gasteiger partial charge in [0.15, 0.2) is 11.6 Å². The van der Waals surface area contributed by atoms with Crippen LogP contribution in [0.4, 0.5) is 8.78 Å². The van der Waals surface area contributed by atoms with Gasteiger partial charge < -0.3 is 15.2 Å². The molecule has 0 aliphatic carbocycles. The van der Waals surface area contributed by atoms with Crippen LogP contribution in [-0.2, 0) is 11.3 Å². The van der Waals surface area contributed by atoms with Crippen molar-refractivity contribution >= 4 is 5.91 Å². The van der Waals surface area contributed by atoms with Crippen LogP contribution < -0.4 is 10.1 Å². The number of likely N-dealkylation sites (tertiary alicyclic amines) is 1. The van der Waals surface area contributed by atoms with Gasteiger partial charge in [-0.15, -0.1) is 0 Å². The van der Waals surface area contributed by atoms with Crippen LogP contribution in [0.15, 0.2) is 36.5 Å². The average Bonchev–Trinajstić information content (AvgIpc) is 2.65. The van der Waals surface area contributed by atoms with Gasteiger partial charge in [-0.1, -0.05) is 6.07 Å². The first-order valence-corrected chi connectivity index (χ1v) is 8.75. The van der Waals surface area contributed by atoms with Crippen LogP contribution in [0.5, 0.6) is 11.6 Å². The molecule has 8 heteroatoms. The molecule has 2 N–H and O–H groups in total. The number of halogens is 2. The fraction of sp³-hybridized carbons (Fsp3) is 0.368. The van der Waals surface area contributed by atoms with Gasteiger partial charge in [0, 0.05) is 37.5 Å². The number of nitrogens with zero attached hydrogens (tertiary/aromatic N) is 2. The van der Waals surface area contributed by atoms with E-state index in [2.05, 4.69) is 10.3 Å². The monoisotopic (exact) mass is 377 g/mol. The Bertz CT molecular complexity index is 796. The van der Waals surface area contributed by atoms with Crippen LogP contribution in [0, 0.1) is 11.6 Å². The van der Waals surface area contributed by atoms with Gasteiger partial charge in [-0.05, 0) is 31.0 Å². The first-order valence-electron chi connectivity index (χ1n) is 8.75. The molecule has 1 aromatic carbocycles. The van der Waals surface area contributed by atoms with E-state index in [9.17, 15) is 18.7 Å². The number of aromatic nitrogens is 1. The van der Waals surface area contributed by atoms with Crippen molar-refractivity contribution < 1.29 is 23.4 Å². The van der Waals surface area contributed by atoms with Crippen molar-refractivity contribution in [3.63, 3.8) is 0 Å². The van der Waals surface area contributed by atoms with Gasteiger partial charge in [0.1, 0.15) is 5.82 Å². The summed E-state index contributed by atoms with van der Waals surface area (Å²) in [6, 6.07) is 6.41. The molecule has 1 fully saturated rings. The van der Waals surface area contributed by atoms with Gasteiger partial charge in [0.2, 0.25) is 11.8 Å². The van der Waals surface area contributed by atoms with Crippen molar-refractivity contribution in [1.29, 1.82) is 0 Å². The molecule has 1 aliphatic heterocycles. The lowest BCUT2D eigenvalue weighted by molar-refractivity contribution is -0.123. The summed E-state index contributed by atoms with van der Waals surface area (Å²) in [4.78, 5) is 18.2. The van der Waals surface area contributed by atoms with Crippen LogP contribution >= 0.6 is 0 Å². The average molecular weight is 377 g/mol. The molecular weight excluding hydrogens is 356 g/mol. The van der Waals surface area contributed by atoms with Gasteiger partial charge >= 0.3 is 0 Å². The summed E-state index contributed by atoms with van der Waals surface area (Å²) < 4.78 is 32.2. The zero-order valence-corrected chi connectivity index (χ0v) is 14.7. The number of ether oxygens (including phenoxy) is 1. The molecule has 0 unspecified atom stereocenters. The standard InChI is InChI=1S/C19H21F2N3O3/c20-14-3-4-17(16(21)10-14)27-19-13(2-1-7-22-19)11-23-18(26)12-24-8-5-15(25)6-9-24/h1-4,7,10,15,25H,5-6,8-9,11-12H2,(H,23,26). The predicted octanol–water partition coefficient (Wildman–Crippen LogP) is 2.22. The number of hydrogen-bond acceptors (Lipinski definition) is 5. The Morgan fingerprint density at radius 2 is 2.07 bits per heavy atom. The summed E-state index contributed by atoms with van der Waals surface area (Å²) in [7, 11) is 0. The van der Waals surface area contributed by atoms with Gasteiger partial charge in [-0.3, -0.25) is 9.69 Å². The van der Waals surface area contributed by atoms with Gasteiger partial charge in [-0.2, -0.15) is 0 Å². The number of carbonyl (C=O) groups is 1. The Kier molecular flexibility index (Phi) is 6.31. The zero-order valence-electron chi connectivity index (χ0n) is 14.7. The highest BCUT2D eigenvalue weighted by Crippen LogP contribution is 2.26. The number of amides is 1. The summed E-state index contributed by atoms with van der Waals surface area (Å²) in [5, 5.41) is 12.3. The van der Waals surface area contributed by atoms with Crippen molar-refractivity contribution in [2.75, 3.05) is 19.6 Å². The Labute approximate surface area is 155 Å². The SMILES string of the molecule is O=C(CN1CCC(O)CC1)NCc1cccnc1Oc1ccc(F)cc1F. The molecule has 0 atom stereocenters. The van der Waals surface area contributed by atoms with Crippen molar-refractivity contribution in [2.24, 2.45) is 0 Å². The van der Waals surface area contributed by atoms with E-state index in [0.29, 0.717) is 31.5 Å². The number of aliphatic hydroxyl groups excluding tert-OH is 1. The molecule has 0 bridgehead atoms. The molecular formula is C19H21F2N3O3. The molecule has 1 amide bonds. The number of benzene rings is 1. The lowest BCUT2D eigenvalue weighted by Crippen LogP contribution is -2.42. The van der Waals surface area contributed by atoms with Crippen LogP contribution in [0.3, 0.4) is 0 Å². The molecule has 0 spiro atoms. The van der Waals surface area contributed by atoms with E-state index in [4.69, 9.17) is 4.74 Å². The Hall–Kier alpha value is -2.58. The maximum absolute atomic E-state index is 13.8. The second-order valence-corrected chi connectivity index (χ2v) is 6.43. The normalized spacial score (nSPS) is 15.5. The lowest BCUT2D eigenvalue weighted by atomic mass is 10.1. The van der Waals surface area contributed by atoms with Gasteiger partial charge in [-0.25, -0.2) is 13.8 Å². The molecule has 3 rings (SSSR count). The van der Waals surface area contributed by atoms with Crippen molar-refractivity contribution in [1.82, 2.24) is 15.2 Å². The molecule has 1 saturated heterocycles. The smallest absolute Gasteiger partial charge is 0.234 e. The van der Waals surface area contributed by atoms with Crippen LogP contribution in [0.1, 0.15) is 18.4 Å². The summed E-state index contributed by atoms with van der Waals surface area (Å²) >= 11 is 0. The number of carbonyl (C=O) groups excluding carboxylic acids is 1. The molecule has 1 aromatic heterocycles. The number of hydrogen-bond donors (Lipinski definition) is 2. The molecule has 0 radical (unpaired) electrons. The molecule has 6 nitrogen and oxygen atoms in total. The third kappa shape index (κ3) is 5.45. The van der Waals surface area contributed by atoms with E-state index in [0.717, 1.165) is 12.1 Å². The molecule has 27 heavy (non-hydrogen) atoms. The van der Waals surface area contributed by atoms with Crippen LogP contribution in [0.2, 0.25) is 0 Å². The van der Waals surface area contributed by atoms with Crippen molar-refractivity contribution in [3.05, 3.63) is 53.7 Å². The summed E-state index contributed by atoms with van der Waals surface area (Å²) in [5.74, 6) is -1.69. The Morgan fingerprint density at radius 1 is 1.30 bits per heavy atom. The van der Waals surface area contributed by atoms with E-state index in [-0.39, 0.29) is 36.7 Å². The minimum Gasteiger partial charge on any atom is -0.436 e. The maximum Gasteiger partial charge on any atom is 0.234 e. The third-order valence-electron chi connectivity index (χ3n) is 4.35. The topological polar surface area (TPSA) is 74.7 Å². The summed E-state index contributed by atoms with van der Waals surface area (Å²) in [6.45, 7) is 1.77. The minimum atomic E-state index is -0.831. The molecule has 144 valence electrons. The first-order chi connectivity index (χ1) is 13.0. The Morgan fingerprint density at radius 3 is 2.81 bits per heavy atom. The lowest BCUT2D eigenvalue weighted by Gasteiger charge is -2.28. The number of piperidine rings is 1. The van der Waals surface area contributed by atoms with E-state index in [1.54, 1.807) is 12.1 Å². The quantitative estimate of drug-likeness (QED) is 0.808. The van der Waals surface area contributed by atoms with E-state index in [1.165, 1.54) is 12.3 Å². The molecule has 0 saturated carbocycles. The summed E-state index contributed by atoms with van der Waals surface area (Å²) in [5.41, 5.74) is 0.573. The highest BCUT2D eigenvalue weighted by Gasteiger charge is 2.19. The maximum atomic E-state index is 13.8. The van der Waals surface area contributed by atoms with E-state index in [1.807, 2.05) is 4.90 Å².